The maximum Gasteiger partial charge on any atom is 0.317 e. The van der Waals surface area contributed by atoms with Crippen LogP contribution in [0, 0.1) is 0 Å². The molecular formula is C16H19ClN4O2. The lowest BCUT2D eigenvalue weighted by Gasteiger charge is -2.39. The Labute approximate surface area is 139 Å². The smallest absolute Gasteiger partial charge is 0.317 e. The highest BCUT2D eigenvalue weighted by Crippen LogP contribution is 2.45. The van der Waals surface area contributed by atoms with Gasteiger partial charge >= 0.3 is 5.97 Å². The second-order valence-corrected chi connectivity index (χ2v) is 6.28. The van der Waals surface area contributed by atoms with Crippen molar-refractivity contribution in [2.45, 2.75) is 51.2 Å². The van der Waals surface area contributed by atoms with E-state index in [1.54, 1.807) is 4.68 Å². The van der Waals surface area contributed by atoms with E-state index in [1.807, 2.05) is 31.2 Å². The van der Waals surface area contributed by atoms with Crippen molar-refractivity contribution in [2.24, 2.45) is 0 Å². The maximum absolute atomic E-state index is 12.7. The van der Waals surface area contributed by atoms with Gasteiger partial charge in [0.25, 0.3) is 0 Å². The second kappa shape index (κ2) is 6.66. The van der Waals surface area contributed by atoms with Crippen LogP contribution in [0.2, 0.25) is 5.02 Å². The summed E-state index contributed by atoms with van der Waals surface area (Å²) in [4.78, 5) is 12.7. The van der Waals surface area contributed by atoms with Gasteiger partial charge in [0.1, 0.15) is 0 Å². The number of carbonyl (C=O) groups excluding carboxylic acids is 1. The molecule has 1 aromatic carbocycles. The first-order chi connectivity index (χ1) is 11.2. The second-order valence-electron chi connectivity index (χ2n) is 5.84. The quantitative estimate of drug-likeness (QED) is 0.760. The molecular weight excluding hydrogens is 316 g/mol. The van der Waals surface area contributed by atoms with Crippen LogP contribution < -0.4 is 0 Å². The normalized spacial score (nSPS) is 15.9. The average molecular weight is 335 g/mol. The van der Waals surface area contributed by atoms with Gasteiger partial charge in [0.2, 0.25) is 0 Å². The molecule has 0 saturated heterocycles. The fourth-order valence-corrected chi connectivity index (χ4v) is 3.10. The summed E-state index contributed by atoms with van der Waals surface area (Å²) in [6, 6.07) is 7.46. The Morgan fingerprint density at radius 3 is 2.91 bits per heavy atom. The van der Waals surface area contributed by atoms with E-state index in [1.165, 1.54) is 0 Å². The van der Waals surface area contributed by atoms with Crippen LogP contribution in [-0.2, 0) is 28.1 Å². The summed E-state index contributed by atoms with van der Waals surface area (Å²) < 4.78 is 7.20. The number of ether oxygens (including phenoxy) is 1. The number of nitrogens with zero attached hydrogens (tertiary/aromatic N) is 4. The van der Waals surface area contributed by atoms with E-state index in [0.717, 1.165) is 31.2 Å². The highest BCUT2D eigenvalue weighted by Gasteiger charge is 2.47. The summed E-state index contributed by atoms with van der Waals surface area (Å²) in [5.41, 5.74) is 0.350. The molecule has 1 heterocycles. The molecule has 1 fully saturated rings. The van der Waals surface area contributed by atoms with Crippen LogP contribution in [0.25, 0.3) is 0 Å². The van der Waals surface area contributed by atoms with E-state index in [2.05, 4.69) is 15.5 Å². The number of hydrogen-bond donors (Lipinski definition) is 0. The van der Waals surface area contributed by atoms with Crippen LogP contribution in [0.4, 0.5) is 0 Å². The van der Waals surface area contributed by atoms with Gasteiger partial charge in [-0.3, -0.25) is 4.79 Å². The minimum atomic E-state index is -0.575. The summed E-state index contributed by atoms with van der Waals surface area (Å²) in [7, 11) is 0. The molecule has 23 heavy (non-hydrogen) atoms. The van der Waals surface area contributed by atoms with E-state index in [9.17, 15) is 4.79 Å². The van der Waals surface area contributed by atoms with Gasteiger partial charge in [-0.1, -0.05) is 37.1 Å². The molecule has 1 aromatic heterocycles. The average Bonchev–Trinajstić information content (AvgIpc) is 2.92. The van der Waals surface area contributed by atoms with Gasteiger partial charge in [-0.15, -0.1) is 5.10 Å². The molecule has 0 bridgehead atoms. The number of tetrazole rings is 1. The summed E-state index contributed by atoms with van der Waals surface area (Å²) >= 11 is 6.07. The third-order valence-corrected chi connectivity index (χ3v) is 4.58. The lowest BCUT2D eigenvalue weighted by atomic mass is 9.64. The van der Waals surface area contributed by atoms with Crippen molar-refractivity contribution < 1.29 is 9.53 Å². The van der Waals surface area contributed by atoms with E-state index in [0.29, 0.717) is 17.4 Å². The Morgan fingerprint density at radius 1 is 1.43 bits per heavy atom. The Kier molecular flexibility index (Phi) is 4.61. The monoisotopic (exact) mass is 334 g/mol. The number of carbonyl (C=O) groups is 1. The molecule has 7 heteroatoms. The molecule has 0 N–H and O–H groups in total. The maximum atomic E-state index is 12.7. The van der Waals surface area contributed by atoms with Crippen molar-refractivity contribution in [1.29, 1.82) is 0 Å². The van der Waals surface area contributed by atoms with Crippen LogP contribution in [0.3, 0.4) is 0 Å². The largest absolute Gasteiger partial charge is 0.457 e. The predicted octanol–water partition coefficient (Wildman–Crippen LogP) is 2.90. The summed E-state index contributed by atoms with van der Waals surface area (Å²) in [5, 5.41) is 12.1. The molecule has 3 rings (SSSR count). The highest BCUT2D eigenvalue weighted by molar-refractivity contribution is 6.30. The lowest BCUT2D eigenvalue weighted by Crippen LogP contribution is -2.43. The molecule has 0 unspecified atom stereocenters. The Bertz CT molecular complexity index is 697. The zero-order valence-corrected chi connectivity index (χ0v) is 13.8. The molecule has 2 aromatic rings. The molecule has 0 amide bonds. The first-order valence-corrected chi connectivity index (χ1v) is 8.22. The van der Waals surface area contributed by atoms with Crippen molar-refractivity contribution in [3.05, 3.63) is 40.7 Å². The first-order valence-electron chi connectivity index (χ1n) is 7.84. The number of esters is 1. The SMILES string of the molecule is CCCn1nnnc1COC(=O)C1(c2cccc(Cl)c2)CCC1. The van der Waals surface area contributed by atoms with Gasteiger partial charge < -0.3 is 4.74 Å². The molecule has 1 saturated carbocycles. The van der Waals surface area contributed by atoms with Crippen molar-refractivity contribution in [1.82, 2.24) is 20.2 Å². The number of halogens is 1. The standard InChI is InChI=1S/C16H19ClN4O2/c1-2-9-21-14(18-19-20-21)11-23-15(22)16(7-4-8-16)12-5-3-6-13(17)10-12/h3,5-6,10H,2,4,7-9,11H2,1H3. The fourth-order valence-electron chi connectivity index (χ4n) is 2.91. The van der Waals surface area contributed by atoms with Gasteiger partial charge in [0.05, 0.1) is 5.41 Å². The Morgan fingerprint density at radius 2 is 2.26 bits per heavy atom. The van der Waals surface area contributed by atoms with Crippen LogP contribution in [-0.4, -0.2) is 26.2 Å². The van der Waals surface area contributed by atoms with Gasteiger partial charge in [0.15, 0.2) is 12.4 Å². The zero-order chi connectivity index (χ0) is 16.3. The predicted molar refractivity (Wildman–Crippen MR) is 84.9 cm³/mol. The third-order valence-electron chi connectivity index (χ3n) is 4.35. The summed E-state index contributed by atoms with van der Waals surface area (Å²) in [6.07, 6.45) is 3.49. The van der Waals surface area contributed by atoms with Crippen molar-refractivity contribution >= 4 is 17.6 Å². The van der Waals surface area contributed by atoms with Crippen LogP contribution in [0.15, 0.2) is 24.3 Å². The van der Waals surface area contributed by atoms with Crippen molar-refractivity contribution in [3.63, 3.8) is 0 Å². The van der Waals surface area contributed by atoms with E-state index < -0.39 is 5.41 Å². The lowest BCUT2D eigenvalue weighted by molar-refractivity contribution is -0.156. The summed E-state index contributed by atoms with van der Waals surface area (Å²) in [5.74, 6) is 0.345. The number of benzene rings is 1. The van der Waals surface area contributed by atoms with E-state index in [4.69, 9.17) is 16.3 Å². The molecule has 122 valence electrons. The highest BCUT2D eigenvalue weighted by atomic mass is 35.5. The number of aryl methyl sites for hydroxylation is 1. The zero-order valence-electron chi connectivity index (χ0n) is 13.0. The van der Waals surface area contributed by atoms with Crippen LogP contribution >= 0.6 is 11.6 Å². The third kappa shape index (κ3) is 3.08. The minimum Gasteiger partial charge on any atom is -0.457 e. The minimum absolute atomic E-state index is 0.0914. The van der Waals surface area contributed by atoms with Crippen molar-refractivity contribution in [3.8, 4) is 0 Å². The molecule has 1 aliphatic rings. The van der Waals surface area contributed by atoms with Gasteiger partial charge in [-0.05, 0) is 47.4 Å². The van der Waals surface area contributed by atoms with Gasteiger partial charge in [-0.25, -0.2) is 4.68 Å². The van der Waals surface area contributed by atoms with E-state index >= 15 is 0 Å². The molecule has 1 aliphatic carbocycles. The van der Waals surface area contributed by atoms with E-state index in [-0.39, 0.29) is 12.6 Å². The molecule has 0 atom stereocenters. The molecule has 6 nitrogen and oxygen atoms in total. The van der Waals surface area contributed by atoms with Crippen molar-refractivity contribution in [2.75, 3.05) is 0 Å². The number of aromatic nitrogens is 4. The van der Waals surface area contributed by atoms with Crippen LogP contribution in [0.1, 0.15) is 44.0 Å². The first kappa shape index (κ1) is 15.9. The molecule has 0 aliphatic heterocycles. The fraction of sp³-hybridized carbons (Fsp3) is 0.500. The molecule has 0 radical (unpaired) electrons. The topological polar surface area (TPSA) is 69.9 Å². The van der Waals surface area contributed by atoms with Gasteiger partial charge in [-0.2, -0.15) is 0 Å². The Hall–Kier alpha value is -1.95. The number of rotatable bonds is 6. The number of hydrogen-bond acceptors (Lipinski definition) is 5. The van der Waals surface area contributed by atoms with Crippen LogP contribution in [0.5, 0.6) is 0 Å². The summed E-state index contributed by atoms with van der Waals surface area (Å²) in [6.45, 7) is 2.84. The Balaban J connectivity index is 1.72. The molecule has 0 spiro atoms. The van der Waals surface area contributed by atoms with Gasteiger partial charge in [0, 0.05) is 11.6 Å².